The van der Waals surface area contributed by atoms with E-state index < -0.39 is 0 Å². The monoisotopic (exact) mass is 388 g/mol. The number of thiophene rings is 1. The highest BCUT2D eigenvalue weighted by Crippen LogP contribution is 2.34. The third kappa shape index (κ3) is 3.68. The van der Waals surface area contributed by atoms with E-state index in [1.165, 1.54) is 16.6 Å². The molecule has 7 nitrogen and oxygen atoms in total. The molecule has 0 atom stereocenters. The van der Waals surface area contributed by atoms with Gasteiger partial charge in [0.25, 0.3) is 0 Å². The molecule has 9 heteroatoms. The first-order valence-electron chi connectivity index (χ1n) is 7.92. The van der Waals surface area contributed by atoms with Crippen molar-refractivity contribution in [3.8, 4) is 11.5 Å². The van der Waals surface area contributed by atoms with Gasteiger partial charge in [-0.05, 0) is 23.6 Å². The number of nitrogens with one attached hydrogen (secondary N) is 1. The second kappa shape index (κ2) is 7.38. The molecular formula is C17H16N4O3S2. The molecular weight excluding hydrogens is 372 g/mol. The number of hydrogen-bond donors (Lipinski definition) is 1. The van der Waals surface area contributed by atoms with Crippen molar-refractivity contribution in [1.82, 2.24) is 14.8 Å². The molecule has 3 aromatic rings. The third-order valence-electron chi connectivity index (χ3n) is 3.83. The minimum atomic E-state index is -0.114. The maximum Gasteiger partial charge on any atom is 0.234 e. The Labute approximate surface area is 158 Å². The Bertz CT molecular complexity index is 924. The molecule has 0 aliphatic carbocycles. The summed E-state index contributed by atoms with van der Waals surface area (Å²) in [7, 11) is 1.92. The van der Waals surface area contributed by atoms with Gasteiger partial charge in [0.15, 0.2) is 16.7 Å². The molecule has 1 aliphatic rings. The molecule has 0 saturated carbocycles. The molecule has 4 rings (SSSR count). The van der Waals surface area contributed by atoms with E-state index >= 15 is 0 Å². The van der Waals surface area contributed by atoms with Crippen LogP contribution in [0.1, 0.15) is 10.7 Å². The van der Waals surface area contributed by atoms with E-state index in [4.69, 9.17) is 9.47 Å². The Morgan fingerprint density at radius 1 is 1.31 bits per heavy atom. The van der Waals surface area contributed by atoms with Gasteiger partial charge in [0.05, 0.1) is 5.75 Å². The summed E-state index contributed by atoms with van der Waals surface area (Å²) >= 11 is 3.05. The smallest absolute Gasteiger partial charge is 0.234 e. The van der Waals surface area contributed by atoms with Crippen LogP contribution in [0.15, 0.2) is 40.9 Å². The number of anilines is 1. The minimum Gasteiger partial charge on any atom is -0.454 e. The van der Waals surface area contributed by atoms with E-state index in [-0.39, 0.29) is 18.5 Å². The first-order valence-corrected chi connectivity index (χ1v) is 9.78. The van der Waals surface area contributed by atoms with Crippen LogP contribution in [0.2, 0.25) is 0 Å². The van der Waals surface area contributed by atoms with Crippen LogP contribution in [-0.2, 0) is 18.3 Å². The third-order valence-corrected chi connectivity index (χ3v) is 5.72. The van der Waals surface area contributed by atoms with Crippen LogP contribution in [0.4, 0.5) is 5.69 Å². The van der Waals surface area contributed by atoms with Crippen molar-refractivity contribution < 1.29 is 14.3 Å². The normalized spacial score (nSPS) is 12.3. The van der Waals surface area contributed by atoms with Gasteiger partial charge in [-0.1, -0.05) is 17.8 Å². The quantitative estimate of drug-likeness (QED) is 0.654. The lowest BCUT2D eigenvalue weighted by atomic mass is 10.3. The number of benzene rings is 1. The highest BCUT2D eigenvalue weighted by molar-refractivity contribution is 7.99. The Morgan fingerprint density at radius 2 is 2.19 bits per heavy atom. The van der Waals surface area contributed by atoms with Crippen LogP contribution in [0.3, 0.4) is 0 Å². The van der Waals surface area contributed by atoms with Gasteiger partial charge in [-0.3, -0.25) is 4.79 Å². The molecule has 1 N–H and O–H groups in total. The summed E-state index contributed by atoms with van der Waals surface area (Å²) in [4.78, 5) is 13.4. The van der Waals surface area contributed by atoms with Gasteiger partial charge < -0.3 is 19.4 Å². The lowest BCUT2D eigenvalue weighted by molar-refractivity contribution is -0.113. The second-order valence-corrected chi connectivity index (χ2v) is 7.59. The number of carbonyl (C=O) groups excluding carboxylic acids is 1. The van der Waals surface area contributed by atoms with Gasteiger partial charge >= 0.3 is 0 Å². The molecule has 3 heterocycles. The molecule has 1 aromatic carbocycles. The molecule has 26 heavy (non-hydrogen) atoms. The highest BCUT2D eigenvalue weighted by atomic mass is 32.2. The molecule has 1 amide bonds. The molecule has 0 bridgehead atoms. The van der Waals surface area contributed by atoms with Crippen molar-refractivity contribution in [2.75, 3.05) is 17.9 Å². The summed E-state index contributed by atoms with van der Waals surface area (Å²) in [6.07, 6.45) is 0.741. The standard InChI is InChI=1S/C17H16N4O3S2/c1-21-15(8-12-3-2-6-25-12)19-20-17(21)26-9-16(22)18-11-4-5-13-14(7-11)24-10-23-13/h2-7H,8-10H2,1H3,(H,18,22). The number of amides is 1. The van der Waals surface area contributed by atoms with Crippen LogP contribution < -0.4 is 14.8 Å². The fraction of sp³-hybridized carbons (Fsp3) is 0.235. The number of hydrogen-bond acceptors (Lipinski definition) is 7. The largest absolute Gasteiger partial charge is 0.454 e. The van der Waals surface area contributed by atoms with Crippen molar-refractivity contribution in [3.63, 3.8) is 0 Å². The van der Waals surface area contributed by atoms with Gasteiger partial charge in [0.2, 0.25) is 12.7 Å². The average molecular weight is 388 g/mol. The van der Waals surface area contributed by atoms with Crippen molar-refractivity contribution in [3.05, 3.63) is 46.4 Å². The number of aromatic nitrogens is 3. The summed E-state index contributed by atoms with van der Waals surface area (Å²) in [6, 6.07) is 9.42. The lowest BCUT2D eigenvalue weighted by Gasteiger charge is -2.06. The van der Waals surface area contributed by atoms with E-state index in [0.717, 1.165) is 17.4 Å². The van der Waals surface area contributed by atoms with Gasteiger partial charge in [-0.25, -0.2) is 0 Å². The summed E-state index contributed by atoms with van der Waals surface area (Å²) in [5.41, 5.74) is 0.677. The summed E-state index contributed by atoms with van der Waals surface area (Å²) in [5.74, 6) is 2.35. The van der Waals surface area contributed by atoms with E-state index in [0.29, 0.717) is 17.2 Å². The lowest BCUT2D eigenvalue weighted by Crippen LogP contribution is -2.14. The predicted octanol–water partition coefficient (Wildman–Crippen LogP) is 2.93. The Balaban J connectivity index is 1.34. The van der Waals surface area contributed by atoms with E-state index in [2.05, 4.69) is 21.6 Å². The number of nitrogens with zero attached hydrogens (tertiary/aromatic N) is 3. The van der Waals surface area contributed by atoms with Crippen molar-refractivity contribution in [2.45, 2.75) is 11.6 Å². The second-order valence-electron chi connectivity index (χ2n) is 5.62. The summed E-state index contributed by atoms with van der Waals surface area (Å²) in [5, 5.41) is 14.0. The fourth-order valence-corrected chi connectivity index (χ4v) is 3.93. The van der Waals surface area contributed by atoms with Crippen LogP contribution in [0.25, 0.3) is 0 Å². The average Bonchev–Trinajstić information content (AvgIpc) is 3.36. The molecule has 2 aromatic heterocycles. The highest BCUT2D eigenvalue weighted by Gasteiger charge is 2.15. The van der Waals surface area contributed by atoms with Gasteiger partial charge in [-0.15, -0.1) is 21.5 Å². The zero-order valence-corrected chi connectivity index (χ0v) is 15.6. The topological polar surface area (TPSA) is 78.3 Å². The van der Waals surface area contributed by atoms with Crippen molar-refractivity contribution in [2.24, 2.45) is 7.05 Å². The van der Waals surface area contributed by atoms with Crippen LogP contribution in [-0.4, -0.2) is 33.2 Å². The molecule has 0 unspecified atom stereocenters. The predicted molar refractivity (Wildman–Crippen MR) is 100 cm³/mol. The number of carbonyl (C=O) groups is 1. The minimum absolute atomic E-state index is 0.114. The first-order chi connectivity index (χ1) is 12.7. The van der Waals surface area contributed by atoms with Gasteiger partial charge in [0.1, 0.15) is 5.82 Å². The van der Waals surface area contributed by atoms with Gasteiger partial charge in [-0.2, -0.15) is 0 Å². The number of fused-ring (bicyclic) bond motifs is 1. The van der Waals surface area contributed by atoms with Crippen LogP contribution in [0.5, 0.6) is 11.5 Å². The maximum absolute atomic E-state index is 12.2. The SMILES string of the molecule is Cn1c(Cc2cccs2)nnc1SCC(=O)Nc1ccc2c(c1)OCO2. The van der Waals surface area contributed by atoms with Crippen LogP contribution >= 0.6 is 23.1 Å². The molecule has 0 fully saturated rings. The van der Waals surface area contributed by atoms with Crippen LogP contribution in [0, 0.1) is 0 Å². The maximum atomic E-state index is 12.2. The first kappa shape index (κ1) is 16.9. The molecule has 0 radical (unpaired) electrons. The summed E-state index contributed by atoms with van der Waals surface area (Å²) < 4.78 is 12.5. The zero-order valence-electron chi connectivity index (χ0n) is 14.0. The zero-order chi connectivity index (χ0) is 17.9. The number of rotatable bonds is 6. The van der Waals surface area contributed by atoms with Crippen molar-refractivity contribution >= 4 is 34.7 Å². The Morgan fingerprint density at radius 3 is 3.04 bits per heavy atom. The van der Waals surface area contributed by atoms with E-state index in [1.807, 2.05) is 23.1 Å². The fourth-order valence-electron chi connectivity index (χ4n) is 2.50. The van der Waals surface area contributed by atoms with Gasteiger partial charge in [0, 0.05) is 30.1 Å². The summed E-state index contributed by atoms with van der Waals surface area (Å²) in [6.45, 7) is 0.211. The molecule has 0 saturated heterocycles. The number of thioether (sulfide) groups is 1. The number of ether oxygens (including phenoxy) is 2. The van der Waals surface area contributed by atoms with E-state index in [9.17, 15) is 4.79 Å². The Kier molecular flexibility index (Phi) is 4.81. The van der Waals surface area contributed by atoms with E-state index in [1.54, 1.807) is 29.5 Å². The molecule has 0 spiro atoms. The Hall–Kier alpha value is -2.52. The molecule has 134 valence electrons. The molecule has 1 aliphatic heterocycles. The van der Waals surface area contributed by atoms with Crippen molar-refractivity contribution in [1.29, 1.82) is 0 Å².